The van der Waals surface area contributed by atoms with Crippen LogP contribution in [0, 0.1) is 11.3 Å². The van der Waals surface area contributed by atoms with Gasteiger partial charge in [0, 0.05) is 18.7 Å². The fourth-order valence-electron chi connectivity index (χ4n) is 1.88. The second kappa shape index (κ2) is 5.80. The van der Waals surface area contributed by atoms with E-state index in [1.165, 1.54) is 19.0 Å². The molecule has 0 aliphatic heterocycles. The Kier molecular flexibility index (Phi) is 3.70. The van der Waals surface area contributed by atoms with Crippen molar-refractivity contribution in [2.24, 2.45) is 0 Å². The third-order valence-electron chi connectivity index (χ3n) is 3.16. The van der Waals surface area contributed by atoms with E-state index in [-0.39, 0.29) is 0 Å². The van der Waals surface area contributed by atoms with Crippen molar-refractivity contribution in [1.29, 1.82) is 5.26 Å². The topological polar surface area (TPSA) is 87.6 Å². The normalized spacial score (nSPS) is 14.2. The lowest BCUT2D eigenvalue weighted by molar-refractivity contribution is 0.489. The van der Waals surface area contributed by atoms with Gasteiger partial charge in [0.05, 0.1) is 5.56 Å². The van der Waals surface area contributed by atoms with E-state index in [4.69, 9.17) is 9.68 Å². The van der Waals surface area contributed by atoms with Crippen molar-refractivity contribution in [1.82, 2.24) is 20.5 Å². The highest BCUT2D eigenvalue weighted by molar-refractivity contribution is 5.47. The van der Waals surface area contributed by atoms with Gasteiger partial charge in [0.1, 0.15) is 11.8 Å². The van der Waals surface area contributed by atoms with Crippen LogP contribution in [-0.4, -0.2) is 27.8 Å². The van der Waals surface area contributed by atoms with Crippen LogP contribution in [-0.2, 0) is 6.42 Å². The second-order valence-corrected chi connectivity index (χ2v) is 4.88. The summed E-state index contributed by atoms with van der Waals surface area (Å²) in [5.74, 6) is 1.03. The van der Waals surface area contributed by atoms with Crippen LogP contribution in [0.25, 0.3) is 11.6 Å². The minimum atomic E-state index is 0.402. The summed E-state index contributed by atoms with van der Waals surface area (Å²) >= 11 is 0. The fraction of sp³-hybridized carbons (Fsp3) is 0.429. The zero-order valence-electron chi connectivity index (χ0n) is 11.0. The molecule has 0 radical (unpaired) electrons. The van der Waals surface area contributed by atoms with E-state index in [1.54, 1.807) is 12.1 Å². The molecule has 102 valence electrons. The molecule has 0 saturated heterocycles. The van der Waals surface area contributed by atoms with E-state index in [0.29, 0.717) is 23.0 Å². The number of hydrogen-bond donors (Lipinski definition) is 1. The molecule has 1 aliphatic carbocycles. The highest BCUT2D eigenvalue weighted by Gasteiger charge is 2.19. The number of pyridine rings is 1. The Morgan fingerprint density at radius 2 is 2.25 bits per heavy atom. The highest BCUT2D eigenvalue weighted by atomic mass is 16.4. The van der Waals surface area contributed by atoms with Crippen molar-refractivity contribution < 1.29 is 4.42 Å². The maximum absolute atomic E-state index is 8.72. The third-order valence-corrected chi connectivity index (χ3v) is 3.16. The van der Waals surface area contributed by atoms with Gasteiger partial charge in [-0.3, -0.25) is 0 Å². The third kappa shape index (κ3) is 3.19. The first-order valence-corrected chi connectivity index (χ1v) is 6.77. The summed E-state index contributed by atoms with van der Waals surface area (Å²) in [6.07, 6.45) is 5.85. The number of rotatable bonds is 6. The molecule has 6 heteroatoms. The van der Waals surface area contributed by atoms with E-state index in [0.717, 1.165) is 25.4 Å². The molecular weight excluding hydrogens is 254 g/mol. The van der Waals surface area contributed by atoms with Gasteiger partial charge in [-0.2, -0.15) is 5.26 Å². The number of nitrogens with zero attached hydrogens (tertiary/aromatic N) is 4. The van der Waals surface area contributed by atoms with E-state index in [1.807, 2.05) is 6.07 Å². The minimum absolute atomic E-state index is 0.402. The van der Waals surface area contributed by atoms with Crippen LogP contribution < -0.4 is 5.32 Å². The van der Waals surface area contributed by atoms with Gasteiger partial charge in [-0.1, -0.05) is 0 Å². The predicted octanol–water partition coefficient (Wildman–Crippen LogP) is 1.69. The van der Waals surface area contributed by atoms with Crippen molar-refractivity contribution in [3.63, 3.8) is 0 Å². The zero-order chi connectivity index (χ0) is 13.8. The Morgan fingerprint density at radius 1 is 1.35 bits per heavy atom. The van der Waals surface area contributed by atoms with E-state index in [2.05, 4.69) is 20.5 Å². The summed E-state index contributed by atoms with van der Waals surface area (Å²) in [6.45, 7) is 0.984. The summed E-state index contributed by atoms with van der Waals surface area (Å²) in [7, 11) is 0. The fourth-order valence-corrected chi connectivity index (χ4v) is 1.88. The van der Waals surface area contributed by atoms with Crippen LogP contribution in [0.3, 0.4) is 0 Å². The minimum Gasteiger partial charge on any atom is -0.419 e. The average molecular weight is 269 g/mol. The van der Waals surface area contributed by atoms with Crippen LogP contribution in [0.5, 0.6) is 0 Å². The summed E-state index contributed by atoms with van der Waals surface area (Å²) < 4.78 is 5.57. The van der Waals surface area contributed by atoms with Crippen molar-refractivity contribution in [3.8, 4) is 17.7 Å². The van der Waals surface area contributed by atoms with E-state index < -0.39 is 0 Å². The standard InChI is InChI=1S/C14H15N5O/c15-8-10-3-6-12(17-9-10)14-19-18-13(20-14)2-1-7-16-11-4-5-11/h3,6,9,11,16H,1-2,4-5,7H2. The SMILES string of the molecule is N#Cc1ccc(-c2nnc(CCCNC3CC3)o2)nc1. The van der Waals surface area contributed by atoms with Crippen LogP contribution >= 0.6 is 0 Å². The largest absolute Gasteiger partial charge is 0.419 e. The summed E-state index contributed by atoms with van der Waals surface area (Å²) in [4.78, 5) is 4.13. The lowest BCUT2D eigenvalue weighted by atomic mass is 10.3. The highest BCUT2D eigenvalue weighted by Crippen LogP contribution is 2.19. The number of nitrogens with one attached hydrogen (secondary N) is 1. The van der Waals surface area contributed by atoms with E-state index in [9.17, 15) is 0 Å². The second-order valence-electron chi connectivity index (χ2n) is 4.88. The Hall–Kier alpha value is -2.26. The molecule has 1 aliphatic rings. The molecule has 0 aromatic carbocycles. The smallest absolute Gasteiger partial charge is 0.266 e. The molecule has 0 amide bonds. The van der Waals surface area contributed by atoms with Crippen LogP contribution in [0.1, 0.15) is 30.7 Å². The van der Waals surface area contributed by atoms with Gasteiger partial charge in [-0.15, -0.1) is 10.2 Å². The van der Waals surface area contributed by atoms with Gasteiger partial charge >= 0.3 is 0 Å². The molecule has 1 N–H and O–H groups in total. The molecular formula is C14H15N5O. The first-order valence-electron chi connectivity index (χ1n) is 6.77. The van der Waals surface area contributed by atoms with Gasteiger partial charge in [0.2, 0.25) is 5.89 Å². The van der Waals surface area contributed by atoms with Crippen LogP contribution in [0.15, 0.2) is 22.7 Å². The Balaban J connectivity index is 1.56. The molecule has 3 rings (SSSR count). The number of nitriles is 1. The Bertz CT molecular complexity index is 609. The lowest BCUT2D eigenvalue weighted by Crippen LogP contribution is -2.17. The van der Waals surface area contributed by atoms with Gasteiger partial charge in [-0.05, 0) is 37.9 Å². The van der Waals surface area contributed by atoms with Crippen molar-refractivity contribution in [2.45, 2.75) is 31.7 Å². The summed E-state index contributed by atoms with van der Waals surface area (Å²) in [5, 5.41) is 20.2. The van der Waals surface area contributed by atoms with Crippen LogP contribution in [0.2, 0.25) is 0 Å². The van der Waals surface area contributed by atoms with Crippen molar-refractivity contribution >= 4 is 0 Å². The van der Waals surface area contributed by atoms with Gasteiger partial charge in [0.25, 0.3) is 5.89 Å². The Labute approximate surface area is 116 Å². The lowest BCUT2D eigenvalue weighted by Gasteiger charge is -1.99. The first-order chi connectivity index (χ1) is 9.85. The maximum Gasteiger partial charge on any atom is 0.266 e. The molecule has 0 spiro atoms. The molecule has 2 aromatic rings. The molecule has 1 fully saturated rings. The molecule has 0 atom stereocenters. The quantitative estimate of drug-likeness (QED) is 0.803. The van der Waals surface area contributed by atoms with Gasteiger partial charge in [0.15, 0.2) is 0 Å². The molecule has 1 saturated carbocycles. The predicted molar refractivity (Wildman–Crippen MR) is 71.6 cm³/mol. The average Bonchev–Trinajstić information content (AvgIpc) is 3.20. The monoisotopic (exact) mass is 269 g/mol. The van der Waals surface area contributed by atoms with Crippen molar-refractivity contribution in [2.75, 3.05) is 6.54 Å². The van der Waals surface area contributed by atoms with Crippen molar-refractivity contribution in [3.05, 3.63) is 29.8 Å². The molecule has 0 bridgehead atoms. The van der Waals surface area contributed by atoms with Gasteiger partial charge < -0.3 is 9.73 Å². The van der Waals surface area contributed by atoms with Crippen LogP contribution in [0.4, 0.5) is 0 Å². The first kappa shape index (κ1) is 12.8. The molecule has 2 aromatic heterocycles. The Morgan fingerprint density at radius 3 is 2.95 bits per heavy atom. The summed E-state index contributed by atoms with van der Waals surface area (Å²) in [5.41, 5.74) is 1.11. The van der Waals surface area contributed by atoms with Gasteiger partial charge in [-0.25, -0.2) is 4.98 Å². The molecule has 20 heavy (non-hydrogen) atoms. The number of aryl methyl sites for hydroxylation is 1. The molecule has 2 heterocycles. The zero-order valence-corrected chi connectivity index (χ0v) is 11.0. The number of hydrogen-bond acceptors (Lipinski definition) is 6. The maximum atomic E-state index is 8.72. The summed E-state index contributed by atoms with van der Waals surface area (Å²) in [6, 6.07) is 6.15. The molecule has 6 nitrogen and oxygen atoms in total. The van der Waals surface area contributed by atoms with E-state index >= 15 is 0 Å². The number of aromatic nitrogens is 3. The molecule has 0 unspecified atom stereocenters.